The van der Waals surface area contributed by atoms with E-state index < -0.39 is 0 Å². The zero-order valence-corrected chi connectivity index (χ0v) is 15.5. The number of rotatable bonds is 5. The van der Waals surface area contributed by atoms with Gasteiger partial charge in [-0.1, -0.05) is 18.2 Å². The normalized spacial score (nSPS) is 14.4. The molecule has 27 heavy (non-hydrogen) atoms. The molecule has 1 heterocycles. The number of amides is 2. The zero-order valence-electron chi connectivity index (χ0n) is 15.5. The van der Waals surface area contributed by atoms with Crippen molar-refractivity contribution in [3.05, 3.63) is 59.7 Å². The van der Waals surface area contributed by atoms with Gasteiger partial charge < -0.3 is 15.0 Å². The number of hydrogen-bond donors (Lipinski definition) is 1. The molecule has 0 aromatic heterocycles. The maximum absolute atomic E-state index is 12.4. The maximum atomic E-state index is 12.4. The predicted molar refractivity (Wildman–Crippen MR) is 105 cm³/mol. The lowest BCUT2D eigenvalue weighted by Gasteiger charge is -2.34. The van der Waals surface area contributed by atoms with Crippen LogP contribution < -0.4 is 10.1 Å². The first kappa shape index (κ1) is 18.7. The molecule has 6 nitrogen and oxygen atoms in total. The molecule has 1 aliphatic heterocycles. The van der Waals surface area contributed by atoms with E-state index in [2.05, 4.69) is 22.4 Å². The second kappa shape index (κ2) is 9.06. The third-order valence-electron chi connectivity index (χ3n) is 4.81. The van der Waals surface area contributed by atoms with Crippen LogP contribution >= 0.6 is 0 Å². The van der Waals surface area contributed by atoms with Crippen LogP contribution in [-0.4, -0.2) is 55.7 Å². The number of piperazine rings is 1. The molecule has 2 amide bonds. The van der Waals surface area contributed by atoms with Crippen molar-refractivity contribution in [3.63, 3.8) is 0 Å². The molecule has 2 aromatic carbocycles. The molecule has 2 aromatic rings. The summed E-state index contributed by atoms with van der Waals surface area (Å²) >= 11 is 0. The van der Waals surface area contributed by atoms with Crippen molar-refractivity contribution in [3.8, 4) is 11.8 Å². The number of nitrogens with zero attached hydrogens (tertiary/aromatic N) is 3. The van der Waals surface area contributed by atoms with Crippen molar-refractivity contribution in [2.45, 2.75) is 6.42 Å². The zero-order chi connectivity index (χ0) is 19.1. The Morgan fingerprint density at radius 1 is 1.11 bits per heavy atom. The summed E-state index contributed by atoms with van der Waals surface area (Å²) in [6.45, 7) is 4.07. The Kier molecular flexibility index (Phi) is 6.29. The minimum Gasteiger partial charge on any atom is -0.496 e. The first-order valence-electron chi connectivity index (χ1n) is 9.10. The lowest BCUT2D eigenvalue weighted by Crippen LogP contribution is -2.50. The fourth-order valence-electron chi connectivity index (χ4n) is 3.19. The van der Waals surface area contributed by atoms with Crippen LogP contribution in [0.4, 0.5) is 10.5 Å². The van der Waals surface area contributed by atoms with Gasteiger partial charge >= 0.3 is 6.03 Å². The number of carbonyl (C=O) groups is 1. The number of urea groups is 1. The number of hydrogen-bond acceptors (Lipinski definition) is 4. The molecule has 0 radical (unpaired) electrons. The number of nitriles is 1. The van der Waals surface area contributed by atoms with Crippen molar-refractivity contribution >= 4 is 11.7 Å². The summed E-state index contributed by atoms with van der Waals surface area (Å²) in [5, 5.41) is 11.7. The Labute approximate surface area is 160 Å². The van der Waals surface area contributed by atoms with Gasteiger partial charge in [0.05, 0.1) is 18.7 Å². The van der Waals surface area contributed by atoms with Crippen LogP contribution in [0.25, 0.3) is 0 Å². The first-order chi connectivity index (χ1) is 13.2. The SMILES string of the molecule is COc1ccccc1CCN1CCN(C(=O)Nc2ccc(C#N)cc2)CC1. The topological polar surface area (TPSA) is 68.6 Å². The highest BCUT2D eigenvalue weighted by Crippen LogP contribution is 2.18. The smallest absolute Gasteiger partial charge is 0.321 e. The van der Waals surface area contributed by atoms with Crippen LogP contribution in [0.3, 0.4) is 0 Å². The molecule has 1 aliphatic rings. The molecule has 1 fully saturated rings. The number of methoxy groups -OCH3 is 1. The summed E-state index contributed by atoms with van der Waals surface area (Å²) in [5.41, 5.74) is 2.50. The molecule has 1 saturated heterocycles. The first-order valence-corrected chi connectivity index (χ1v) is 9.10. The van der Waals surface area contributed by atoms with Gasteiger partial charge in [0, 0.05) is 38.4 Å². The highest BCUT2D eigenvalue weighted by Gasteiger charge is 2.21. The van der Waals surface area contributed by atoms with E-state index >= 15 is 0 Å². The van der Waals surface area contributed by atoms with Crippen molar-refractivity contribution in [1.29, 1.82) is 5.26 Å². The summed E-state index contributed by atoms with van der Waals surface area (Å²) in [6, 6.07) is 17.0. The van der Waals surface area contributed by atoms with Crippen LogP contribution in [0.2, 0.25) is 0 Å². The van der Waals surface area contributed by atoms with Gasteiger partial charge in [-0.25, -0.2) is 4.79 Å². The van der Waals surface area contributed by atoms with E-state index in [1.54, 1.807) is 31.4 Å². The van der Waals surface area contributed by atoms with Gasteiger partial charge in [-0.05, 0) is 42.3 Å². The van der Waals surface area contributed by atoms with Gasteiger partial charge in [0.1, 0.15) is 5.75 Å². The molecule has 0 atom stereocenters. The molecule has 140 valence electrons. The van der Waals surface area contributed by atoms with Crippen molar-refractivity contribution in [2.24, 2.45) is 0 Å². The number of anilines is 1. The summed E-state index contributed by atoms with van der Waals surface area (Å²) in [5.74, 6) is 0.929. The molecule has 1 N–H and O–H groups in total. The quantitative estimate of drug-likeness (QED) is 0.886. The van der Waals surface area contributed by atoms with E-state index in [-0.39, 0.29) is 6.03 Å². The number of benzene rings is 2. The number of para-hydroxylation sites is 1. The third kappa shape index (κ3) is 4.99. The molecule has 0 bridgehead atoms. The van der Waals surface area contributed by atoms with Gasteiger partial charge in [0.25, 0.3) is 0 Å². The fourth-order valence-corrected chi connectivity index (χ4v) is 3.19. The summed E-state index contributed by atoms with van der Waals surface area (Å²) in [6.07, 6.45) is 0.932. The largest absolute Gasteiger partial charge is 0.496 e. The Bertz CT molecular complexity index is 806. The Balaban J connectivity index is 1.45. The van der Waals surface area contributed by atoms with Crippen molar-refractivity contribution in [1.82, 2.24) is 9.80 Å². The van der Waals surface area contributed by atoms with E-state index in [0.29, 0.717) is 24.3 Å². The molecule has 0 spiro atoms. The summed E-state index contributed by atoms with van der Waals surface area (Å²) < 4.78 is 5.41. The summed E-state index contributed by atoms with van der Waals surface area (Å²) in [7, 11) is 1.70. The minimum absolute atomic E-state index is 0.0934. The predicted octanol–water partition coefficient (Wildman–Crippen LogP) is 2.96. The standard InChI is InChI=1S/C21H24N4O2/c1-27-20-5-3-2-4-18(20)10-11-24-12-14-25(15-13-24)21(26)23-19-8-6-17(16-22)7-9-19/h2-9H,10-15H2,1H3,(H,23,26). The van der Waals surface area contributed by atoms with Gasteiger partial charge in [-0.2, -0.15) is 5.26 Å². The van der Waals surface area contributed by atoms with Crippen molar-refractivity contribution < 1.29 is 9.53 Å². The third-order valence-corrected chi connectivity index (χ3v) is 4.81. The van der Waals surface area contributed by atoms with E-state index in [4.69, 9.17) is 10.00 Å². The Morgan fingerprint density at radius 2 is 1.81 bits per heavy atom. The number of carbonyl (C=O) groups excluding carboxylic acids is 1. The average molecular weight is 364 g/mol. The van der Waals surface area contributed by atoms with Crippen LogP contribution in [0.5, 0.6) is 5.75 Å². The molecule has 0 unspecified atom stereocenters. The van der Waals surface area contributed by atoms with Crippen LogP contribution in [0, 0.1) is 11.3 Å². The van der Waals surface area contributed by atoms with E-state index in [1.807, 2.05) is 23.1 Å². The number of nitrogens with one attached hydrogen (secondary N) is 1. The molecular formula is C21H24N4O2. The van der Waals surface area contributed by atoms with Gasteiger partial charge in [-0.15, -0.1) is 0 Å². The van der Waals surface area contributed by atoms with E-state index in [9.17, 15) is 4.79 Å². The lowest BCUT2D eigenvalue weighted by atomic mass is 10.1. The fraction of sp³-hybridized carbons (Fsp3) is 0.333. The molecule has 0 saturated carbocycles. The number of ether oxygens (including phenoxy) is 1. The maximum Gasteiger partial charge on any atom is 0.321 e. The molecular weight excluding hydrogens is 340 g/mol. The minimum atomic E-state index is -0.0934. The highest BCUT2D eigenvalue weighted by atomic mass is 16.5. The molecule has 3 rings (SSSR count). The monoisotopic (exact) mass is 364 g/mol. The highest BCUT2D eigenvalue weighted by molar-refractivity contribution is 5.89. The van der Waals surface area contributed by atoms with E-state index in [1.165, 1.54) is 5.56 Å². The molecule has 6 heteroatoms. The Hall–Kier alpha value is -3.04. The second-order valence-electron chi connectivity index (χ2n) is 6.51. The van der Waals surface area contributed by atoms with Gasteiger partial charge in [-0.3, -0.25) is 4.90 Å². The van der Waals surface area contributed by atoms with Crippen LogP contribution in [0.1, 0.15) is 11.1 Å². The summed E-state index contributed by atoms with van der Waals surface area (Å²) in [4.78, 5) is 16.6. The molecule has 0 aliphatic carbocycles. The van der Waals surface area contributed by atoms with Crippen LogP contribution in [-0.2, 0) is 6.42 Å². The average Bonchev–Trinajstić information content (AvgIpc) is 2.73. The lowest BCUT2D eigenvalue weighted by molar-refractivity contribution is 0.148. The second-order valence-corrected chi connectivity index (χ2v) is 6.51. The van der Waals surface area contributed by atoms with Gasteiger partial charge in [0.15, 0.2) is 0 Å². The van der Waals surface area contributed by atoms with E-state index in [0.717, 1.165) is 31.8 Å². The Morgan fingerprint density at radius 3 is 2.48 bits per heavy atom. The van der Waals surface area contributed by atoms with Gasteiger partial charge in [0.2, 0.25) is 0 Å². The van der Waals surface area contributed by atoms with Crippen molar-refractivity contribution in [2.75, 3.05) is 45.2 Å². The van der Waals surface area contributed by atoms with Crippen LogP contribution in [0.15, 0.2) is 48.5 Å².